The average Bonchev–Trinajstić information content (AvgIpc) is 2.89. The van der Waals surface area contributed by atoms with Crippen LogP contribution in [0.5, 0.6) is 0 Å². The minimum Gasteiger partial charge on any atom is -0.444 e. The van der Waals surface area contributed by atoms with E-state index in [1.165, 1.54) is 5.56 Å². The van der Waals surface area contributed by atoms with Crippen LogP contribution >= 0.6 is 11.3 Å². The van der Waals surface area contributed by atoms with Gasteiger partial charge in [-0.05, 0) is 49.6 Å². The monoisotopic (exact) mass is 312 g/mol. The maximum absolute atomic E-state index is 11.7. The van der Waals surface area contributed by atoms with E-state index in [4.69, 9.17) is 4.74 Å². The van der Waals surface area contributed by atoms with Gasteiger partial charge in [-0.3, -0.25) is 0 Å². The second kappa shape index (κ2) is 9.05. The van der Waals surface area contributed by atoms with Gasteiger partial charge in [0.1, 0.15) is 5.60 Å². The number of unbranched alkanes of at least 4 members (excludes halogenated alkanes) is 1. The number of hydrogen-bond acceptors (Lipinski definition) is 4. The van der Waals surface area contributed by atoms with Crippen molar-refractivity contribution in [2.24, 2.45) is 0 Å². The van der Waals surface area contributed by atoms with Crippen LogP contribution in [0, 0.1) is 0 Å². The Kier molecular flexibility index (Phi) is 7.75. The second-order valence-electron chi connectivity index (χ2n) is 6.23. The summed E-state index contributed by atoms with van der Waals surface area (Å²) in [5.41, 5.74) is 0.839. The molecule has 0 aliphatic carbocycles. The smallest absolute Gasteiger partial charge is 0.407 e. The molecule has 0 spiro atoms. The maximum Gasteiger partial charge on any atom is 0.407 e. The van der Waals surface area contributed by atoms with Crippen LogP contribution in [0.1, 0.15) is 52.5 Å². The summed E-state index contributed by atoms with van der Waals surface area (Å²) in [5.74, 6) is 0. The Labute approximate surface area is 132 Å². The van der Waals surface area contributed by atoms with Gasteiger partial charge < -0.3 is 15.4 Å². The Bertz CT molecular complexity index is 399. The van der Waals surface area contributed by atoms with Gasteiger partial charge in [0.05, 0.1) is 0 Å². The van der Waals surface area contributed by atoms with Crippen LogP contribution < -0.4 is 10.6 Å². The molecular weight excluding hydrogens is 284 g/mol. The van der Waals surface area contributed by atoms with E-state index in [2.05, 4.69) is 34.4 Å². The van der Waals surface area contributed by atoms with Gasteiger partial charge in [-0.15, -0.1) is 0 Å². The summed E-state index contributed by atoms with van der Waals surface area (Å²) >= 11 is 1.70. The third-order valence-electron chi connectivity index (χ3n) is 2.97. The van der Waals surface area contributed by atoms with Gasteiger partial charge in [-0.1, -0.05) is 19.8 Å². The van der Waals surface area contributed by atoms with Gasteiger partial charge in [0.25, 0.3) is 0 Å². The van der Waals surface area contributed by atoms with Crippen molar-refractivity contribution >= 4 is 17.4 Å². The third-order valence-corrected chi connectivity index (χ3v) is 3.70. The number of rotatable bonds is 8. The molecule has 5 heteroatoms. The molecule has 0 aromatic carbocycles. The molecule has 4 nitrogen and oxygen atoms in total. The molecule has 0 aliphatic rings. The number of carbonyl (C=O) groups is 1. The molecule has 1 amide bonds. The largest absolute Gasteiger partial charge is 0.444 e. The Morgan fingerprint density at radius 3 is 2.76 bits per heavy atom. The van der Waals surface area contributed by atoms with Crippen LogP contribution in [-0.2, 0) is 11.3 Å². The normalized spacial score (nSPS) is 13.0. The van der Waals surface area contributed by atoms with Gasteiger partial charge in [0.2, 0.25) is 0 Å². The number of ether oxygens (including phenoxy) is 1. The number of hydrogen-bond donors (Lipinski definition) is 2. The number of carbonyl (C=O) groups excluding carboxylic acids is 1. The lowest BCUT2D eigenvalue weighted by Crippen LogP contribution is -2.42. The predicted octanol–water partition coefficient (Wildman–Crippen LogP) is 3.92. The Morgan fingerprint density at radius 2 is 2.19 bits per heavy atom. The molecule has 0 fully saturated rings. The van der Waals surface area contributed by atoms with Crippen molar-refractivity contribution in [3.8, 4) is 0 Å². The highest BCUT2D eigenvalue weighted by molar-refractivity contribution is 7.07. The van der Waals surface area contributed by atoms with Crippen molar-refractivity contribution in [2.75, 3.05) is 6.54 Å². The molecule has 120 valence electrons. The second-order valence-corrected chi connectivity index (χ2v) is 7.01. The summed E-state index contributed by atoms with van der Waals surface area (Å²) in [6.07, 6.45) is 3.01. The van der Waals surface area contributed by atoms with E-state index in [1.54, 1.807) is 11.3 Å². The van der Waals surface area contributed by atoms with E-state index >= 15 is 0 Å². The predicted molar refractivity (Wildman–Crippen MR) is 88.7 cm³/mol. The quantitative estimate of drug-likeness (QED) is 0.765. The summed E-state index contributed by atoms with van der Waals surface area (Å²) in [5, 5.41) is 10.6. The minimum atomic E-state index is -0.451. The highest BCUT2D eigenvalue weighted by Gasteiger charge is 2.17. The molecule has 0 bridgehead atoms. The summed E-state index contributed by atoms with van der Waals surface area (Å²) in [4.78, 5) is 11.7. The maximum atomic E-state index is 11.7. The Hall–Kier alpha value is -1.07. The van der Waals surface area contributed by atoms with E-state index in [0.717, 1.165) is 25.8 Å². The van der Waals surface area contributed by atoms with Crippen LogP contribution in [0.2, 0.25) is 0 Å². The van der Waals surface area contributed by atoms with Crippen molar-refractivity contribution < 1.29 is 9.53 Å². The van der Waals surface area contributed by atoms with Crippen molar-refractivity contribution in [1.29, 1.82) is 0 Å². The zero-order valence-corrected chi connectivity index (χ0v) is 14.4. The average molecular weight is 312 g/mol. The lowest BCUT2D eigenvalue weighted by atomic mass is 10.1. The minimum absolute atomic E-state index is 0.275. The molecule has 1 unspecified atom stereocenters. The number of alkyl carbamates (subject to hydrolysis) is 1. The van der Waals surface area contributed by atoms with Gasteiger partial charge in [-0.2, -0.15) is 11.3 Å². The molecule has 0 saturated carbocycles. The molecule has 0 radical (unpaired) electrons. The molecule has 1 aromatic heterocycles. The van der Waals surface area contributed by atoms with Gasteiger partial charge in [0, 0.05) is 19.1 Å². The lowest BCUT2D eigenvalue weighted by molar-refractivity contribution is 0.0521. The van der Waals surface area contributed by atoms with Crippen molar-refractivity contribution in [2.45, 2.75) is 65.1 Å². The highest BCUT2D eigenvalue weighted by atomic mass is 32.1. The molecule has 1 rings (SSSR count). The van der Waals surface area contributed by atoms with Crippen molar-refractivity contribution in [3.63, 3.8) is 0 Å². The SMILES string of the molecule is CCCCC(CNC(=O)OC(C)(C)C)NCc1ccsc1. The fourth-order valence-electron chi connectivity index (χ4n) is 1.90. The van der Waals surface area contributed by atoms with Crippen LogP contribution in [-0.4, -0.2) is 24.3 Å². The Balaban J connectivity index is 2.36. The van der Waals surface area contributed by atoms with Crippen LogP contribution in [0.25, 0.3) is 0 Å². The van der Waals surface area contributed by atoms with Crippen LogP contribution in [0.15, 0.2) is 16.8 Å². The number of nitrogens with one attached hydrogen (secondary N) is 2. The fourth-order valence-corrected chi connectivity index (χ4v) is 2.57. The summed E-state index contributed by atoms with van der Waals surface area (Å²) < 4.78 is 5.27. The molecule has 1 aromatic rings. The Morgan fingerprint density at radius 1 is 1.43 bits per heavy atom. The summed E-state index contributed by atoms with van der Waals surface area (Å²) in [6, 6.07) is 2.40. The first kappa shape index (κ1) is 18.0. The first-order valence-corrected chi connectivity index (χ1v) is 8.56. The van der Waals surface area contributed by atoms with Crippen molar-refractivity contribution in [1.82, 2.24) is 10.6 Å². The zero-order chi connectivity index (χ0) is 15.7. The van der Waals surface area contributed by atoms with E-state index in [0.29, 0.717) is 6.54 Å². The molecule has 1 heterocycles. The lowest BCUT2D eigenvalue weighted by Gasteiger charge is -2.22. The topological polar surface area (TPSA) is 50.4 Å². The summed E-state index contributed by atoms with van der Waals surface area (Å²) in [6.45, 7) is 9.23. The molecular formula is C16H28N2O2S. The molecule has 0 aliphatic heterocycles. The van der Waals surface area contributed by atoms with Crippen LogP contribution in [0.4, 0.5) is 4.79 Å². The third kappa shape index (κ3) is 8.73. The fraction of sp³-hybridized carbons (Fsp3) is 0.688. The van der Waals surface area contributed by atoms with Gasteiger partial charge >= 0.3 is 6.09 Å². The molecule has 0 saturated heterocycles. The van der Waals surface area contributed by atoms with E-state index in [1.807, 2.05) is 20.8 Å². The molecule has 1 atom stereocenters. The van der Waals surface area contributed by atoms with Gasteiger partial charge in [-0.25, -0.2) is 4.79 Å². The number of amides is 1. The summed E-state index contributed by atoms with van der Waals surface area (Å²) in [7, 11) is 0. The first-order valence-electron chi connectivity index (χ1n) is 7.62. The molecule has 2 N–H and O–H groups in total. The standard InChI is InChI=1S/C16H28N2O2S/c1-5-6-7-14(17-10-13-8-9-21-12-13)11-18-15(19)20-16(2,3)4/h8-9,12,14,17H,5-7,10-11H2,1-4H3,(H,18,19). The highest BCUT2D eigenvalue weighted by Crippen LogP contribution is 2.08. The van der Waals surface area contributed by atoms with Crippen LogP contribution in [0.3, 0.4) is 0 Å². The van der Waals surface area contributed by atoms with Crippen molar-refractivity contribution in [3.05, 3.63) is 22.4 Å². The molecule has 21 heavy (non-hydrogen) atoms. The van der Waals surface area contributed by atoms with E-state index < -0.39 is 5.60 Å². The van der Waals surface area contributed by atoms with E-state index in [-0.39, 0.29) is 12.1 Å². The number of thiophene rings is 1. The first-order chi connectivity index (χ1) is 9.90. The van der Waals surface area contributed by atoms with E-state index in [9.17, 15) is 4.79 Å². The van der Waals surface area contributed by atoms with Gasteiger partial charge in [0.15, 0.2) is 0 Å². The zero-order valence-electron chi connectivity index (χ0n) is 13.6.